The summed E-state index contributed by atoms with van der Waals surface area (Å²) < 4.78 is 0. The number of aromatic amines is 1. The highest BCUT2D eigenvalue weighted by molar-refractivity contribution is 5.31. The summed E-state index contributed by atoms with van der Waals surface area (Å²) in [5, 5.41) is 7.81. The van der Waals surface area contributed by atoms with Gasteiger partial charge in [-0.1, -0.05) is 12.8 Å². The highest BCUT2D eigenvalue weighted by Gasteiger charge is 2.29. The first-order chi connectivity index (χ1) is 7.86. The Kier molecular flexibility index (Phi) is 2.72. The van der Waals surface area contributed by atoms with E-state index in [4.69, 9.17) is 5.73 Å². The van der Waals surface area contributed by atoms with E-state index >= 15 is 0 Å². The average molecular weight is 219 g/mol. The van der Waals surface area contributed by atoms with Gasteiger partial charge in [0.15, 0.2) is 0 Å². The number of fused-ring (bicyclic) bond motifs is 1. The maximum absolute atomic E-state index is 6.25. The van der Waals surface area contributed by atoms with E-state index in [1.54, 1.807) is 0 Å². The Morgan fingerprint density at radius 2 is 1.88 bits per heavy atom. The van der Waals surface area contributed by atoms with Crippen LogP contribution in [0.25, 0.3) is 0 Å². The third-order valence-corrected chi connectivity index (χ3v) is 4.26. The second-order valence-electron chi connectivity index (χ2n) is 5.33. The van der Waals surface area contributed by atoms with Crippen molar-refractivity contribution < 1.29 is 0 Å². The van der Waals surface area contributed by atoms with Crippen molar-refractivity contribution in [2.75, 3.05) is 0 Å². The van der Waals surface area contributed by atoms with Crippen LogP contribution in [0.2, 0.25) is 0 Å². The average Bonchev–Trinajstić information content (AvgIpc) is 2.74. The quantitative estimate of drug-likeness (QED) is 0.761. The molecule has 0 aromatic carbocycles. The molecule has 0 amide bonds. The van der Waals surface area contributed by atoms with Gasteiger partial charge in [0, 0.05) is 17.7 Å². The summed E-state index contributed by atoms with van der Waals surface area (Å²) in [6.45, 7) is 0. The lowest BCUT2D eigenvalue weighted by atomic mass is 9.80. The predicted octanol–water partition coefficient (Wildman–Crippen LogP) is 2.27. The number of nitrogens with two attached hydrogens (primary N) is 1. The SMILES string of the molecule is NC1CCCCC1c1n[nH]c2c1CCCC2. The van der Waals surface area contributed by atoms with E-state index in [2.05, 4.69) is 10.2 Å². The van der Waals surface area contributed by atoms with Crippen molar-refractivity contribution in [1.82, 2.24) is 10.2 Å². The Morgan fingerprint density at radius 3 is 2.75 bits per heavy atom. The lowest BCUT2D eigenvalue weighted by molar-refractivity contribution is 0.377. The van der Waals surface area contributed by atoms with Gasteiger partial charge in [-0.05, 0) is 44.1 Å². The van der Waals surface area contributed by atoms with Crippen LogP contribution in [0.3, 0.4) is 0 Å². The maximum Gasteiger partial charge on any atom is 0.0703 e. The van der Waals surface area contributed by atoms with Crippen LogP contribution in [-0.2, 0) is 12.8 Å². The summed E-state index contributed by atoms with van der Waals surface area (Å²) in [5.41, 5.74) is 10.5. The number of H-pyrrole nitrogens is 1. The molecule has 3 N–H and O–H groups in total. The molecule has 3 rings (SSSR count). The molecule has 1 heterocycles. The zero-order chi connectivity index (χ0) is 11.0. The largest absolute Gasteiger partial charge is 0.327 e. The first-order valence-electron chi connectivity index (χ1n) is 6.68. The topological polar surface area (TPSA) is 54.7 Å². The van der Waals surface area contributed by atoms with Crippen molar-refractivity contribution in [3.63, 3.8) is 0 Å². The van der Waals surface area contributed by atoms with Gasteiger partial charge in [0.2, 0.25) is 0 Å². The van der Waals surface area contributed by atoms with Crippen LogP contribution in [-0.4, -0.2) is 16.2 Å². The summed E-state index contributed by atoms with van der Waals surface area (Å²) in [6, 6.07) is 0.336. The van der Waals surface area contributed by atoms with E-state index in [-0.39, 0.29) is 0 Å². The summed E-state index contributed by atoms with van der Waals surface area (Å²) >= 11 is 0. The van der Waals surface area contributed by atoms with Gasteiger partial charge in [0.05, 0.1) is 5.69 Å². The van der Waals surface area contributed by atoms with Crippen LogP contribution in [0.5, 0.6) is 0 Å². The molecule has 2 unspecified atom stereocenters. The molecule has 2 atom stereocenters. The number of rotatable bonds is 1. The maximum atomic E-state index is 6.25. The van der Waals surface area contributed by atoms with Gasteiger partial charge in [-0.2, -0.15) is 5.10 Å². The highest BCUT2D eigenvalue weighted by Crippen LogP contribution is 2.35. The van der Waals surface area contributed by atoms with Gasteiger partial charge >= 0.3 is 0 Å². The molecule has 0 aliphatic heterocycles. The van der Waals surface area contributed by atoms with Gasteiger partial charge in [-0.15, -0.1) is 0 Å². The third kappa shape index (κ3) is 1.67. The standard InChI is InChI=1S/C13H21N3/c14-11-7-3-1-5-9(11)13-10-6-2-4-8-12(10)15-16-13/h9,11H,1-8,14H2,(H,15,16). The van der Waals surface area contributed by atoms with Gasteiger partial charge in [-0.3, -0.25) is 5.10 Å². The fourth-order valence-corrected chi connectivity index (χ4v) is 3.31. The molecule has 2 aliphatic rings. The molecule has 3 heteroatoms. The number of hydrogen-bond donors (Lipinski definition) is 2. The van der Waals surface area contributed by atoms with Crippen molar-refractivity contribution in [2.24, 2.45) is 5.73 Å². The van der Waals surface area contributed by atoms with Crippen molar-refractivity contribution in [3.8, 4) is 0 Å². The first-order valence-corrected chi connectivity index (χ1v) is 6.68. The molecule has 3 nitrogen and oxygen atoms in total. The number of aromatic nitrogens is 2. The van der Waals surface area contributed by atoms with Crippen LogP contribution < -0.4 is 5.73 Å². The highest BCUT2D eigenvalue weighted by atomic mass is 15.1. The van der Waals surface area contributed by atoms with Crippen molar-refractivity contribution in [3.05, 3.63) is 17.0 Å². The lowest BCUT2D eigenvalue weighted by Gasteiger charge is -2.28. The van der Waals surface area contributed by atoms with Crippen LogP contribution in [0.4, 0.5) is 0 Å². The molecule has 1 saturated carbocycles. The first kappa shape index (κ1) is 10.3. The van der Waals surface area contributed by atoms with E-state index in [1.165, 1.54) is 68.3 Å². The second-order valence-corrected chi connectivity index (χ2v) is 5.33. The summed E-state index contributed by atoms with van der Waals surface area (Å²) in [4.78, 5) is 0. The molecule has 0 saturated heterocycles. The van der Waals surface area contributed by atoms with Crippen LogP contribution in [0.15, 0.2) is 0 Å². The molecule has 0 radical (unpaired) electrons. The Labute approximate surface area is 96.8 Å². The molecule has 2 aliphatic carbocycles. The van der Waals surface area contributed by atoms with Crippen LogP contribution in [0, 0.1) is 0 Å². The normalized spacial score (nSPS) is 30.1. The zero-order valence-electron chi connectivity index (χ0n) is 9.84. The minimum Gasteiger partial charge on any atom is -0.327 e. The molecule has 1 aromatic rings. The van der Waals surface area contributed by atoms with E-state index in [0.29, 0.717) is 12.0 Å². The van der Waals surface area contributed by atoms with Gasteiger partial charge in [0.1, 0.15) is 0 Å². The van der Waals surface area contributed by atoms with E-state index < -0.39 is 0 Å². The number of nitrogens with one attached hydrogen (secondary N) is 1. The Hall–Kier alpha value is -0.830. The Bertz CT molecular complexity index is 369. The number of aryl methyl sites for hydroxylation is 1. The van der Waals surface area contributed by atoms with Gasteiger partial charge in [0.25, 0.3) is 0 Å². The molecular formula is C13H21N3. The summed E-state index contributed by atoms with van der Waals surface area (Å²) in [5.74, 6) is 0.520. The Balaban J connectivity index is 1.90. The second kappa shape index (κ2) is 4.21. The number of nitrogens with zero attached hydrogens (tertiary/aromatic N) is 1. The molecule has 0 spiro atoms. The fourth-order valence-electron chi connectivity index (χ4n) is 3.31. The molecule has 1 fully saturated rings. The van der Waals surface area contributed by atoms with Crippen LogP contribution in [0.1, 0.15) is 61.4 Å². The van der Waals surface area contributed by atoms with Crippen molar-refractivity contribution >= 4 is 0 Å². The molecular weight excluding hydrogens is 198 g/mol. The smallest absolute Gasteiger partial charge is 0.0703 e. The zero-order valence-corrected chi connectivity index (χ0v) is 9.84. The summed E-state index contributed by atoms with van der Waals surface area (Å²) in [7, 11) is 0. The van der Waals surface area contributed by atoms with E-state index in [9.17, 15) is 0 Å². The van der Waals surface area contributed by atoms with Gasteiger partial charge in [-0.25, -0.2) is 0 Å². The monoisotopic (exact) mass is 219 g/mol. The summed E-state index contributed by atoms with van der Waals surface area (Å²) in [6.07, 6.45) is 10.1. The third-order valence-electron chi connectivity index (χ3n) is 4.26. The fraction of sp³-hybridized carbons (Fsp3) is 0.769. The van der Waals surface area contributed by atoms with E-state index in [1.807, 2.05) is 0 Å². The van der Waals surface area contributed by atoms with Crippen LogP contribution >= 0.6 is 0 Å². The lowest BCUT2D eigenvalue weighted by Crippen LogP contribution is -2.32. The van der Waals surface area contributed by atoms with Crippen molar-refractivity contribution in [1.29, 1.82) is 0 Å². The van der Waals surface area contributed by atoms with Gasteiger partial charge < -0.3 is 5.73 Å². The number of hydrogen-bond acceptors (Lipinski definition) is 2. The molecule has 0 bridgehead atoms. The minimum atomic E-state index is 0.336. The Morgan fingerprint density at radius 1 is 1.06 bits per heavy atom. The predicted molar refractivity (Wildman–Crippen MR) is 64.4 cm³/mol. The molecule has 16 heavy (non-hydrogen) atoms. The minimum absolute atomic E-state index is 0.336. The molecule has 1 aromatic heterocycles. The molecule has 88 valence electrons. The van der Waals surface area contributed by atoms with E-state index in [0.717, 1.165) is 0 Å². The van der Waals surface area contributed by atoms with Crippen molar-refractivity contribution in [2.45, 2.75) is 63.3 Å².